The van der Waals surface area contributed by atoms with Crippen molar-refractivity contribution in [2.45, 2.75) is 16.6 Å². The Labute approximate surface area is 151 Å². The molecule has 0 amide bonds. The Balaban J connectivity index is 2.09. The van der Waals surface area contributed by atoms with Crippen molar-refractivity contribution in [1.82, 2.24) is 14.5 Å². The van der Waals surface area contributed by atoms with Crippen LogP contribution in [-0.2, 0) is 6.54 Å². The number of aromatic nitrogens is 3. The highest BCUT2D eigenvalue weighted by molar-refractivity contribution is 14.1. The third-order valence-corrected chi connectivity index (χ3v) is 5.71. The summed E-state index contributed by atoms with van der Waals surface area (Å²) in [6, 6.07) is 7.87. The summed E-state index contributed by atoms with van der Waals surface area (Å²) in [4.78, 5) is 9.85. The van der Waals surface area contributed by atoms with Crippen LogP contribution >= 0.6 is 34.4 Å². The Hall–Kier alpha value is -1.52. The summed E-state index contributed by atoms with van der Waals surface area (Å²) < 4.78 is 8.52. The van der Waals surface area contributed by atoms with E-state index in [9.17, 15) is 0 Å². The molecule has 0 bridgehead atoms. The van der Waals surface area contributed by atoms with Gasteiger partial charge in [-0.25, -0.2) is 9.97 Å². The highest BCUT2D eigenvalue weighted by atomic mass is 127. The van der Waals surface area contributed by atoms with Gasteiger partial charge < -0.3 is 20.8 Å². The van der Waals surface area contributed by atoms with Crippen LogP contribution in [0.3, 0.4) is 0 Å². The van der Waals surface area contributed by atoms with Crippen molar-refractivity contribution >= 4 is 51.2 Å². The van der Waals surface area contributed by atoms with Crippen LogP contribution in [-0.4, -0.2) is 28.2 Å². The molecule has 0 radical (unpaired) electrons. The van der Waals surface area contributed by atoms with Crippen LogP contribution in [0.2, 0.25) is 0 Å². The van der Waals surface area contributed by atoms with E-state index in [1.54, 1.807) is 25.1 Å². The lowest BCUT2D eigenvalue weighted by atomic mass is 10.3. The molecule has 0 fully saturated rings. The molecule has 0 aliphatic carbocycles. The fraction of sp³-hybridized carbons (Fsp3) is 0.200. The van der Waals surface area contributed by atoms with Crippen molar-refractivity contribution in [3.8, 4) is 5.75 Å². The molecule has 3 aromatic rings. The van der Waals surface area contributed by atoms with Crippen molar-refractivity contribution in [2.75, 3.05) is 19.4 Å². The molecule has 120 valence electrons. The van der Waals surface area contributed by atoms with E-state index < -0.39 is 0 Å². The number of benzene rings is 1. The number of anilines is 1. The maximum absolute atomic E-state index is 5.95. The molecule has 0 unspecified atom stereocenters. The summed E-state index contributed by atoms with van der Waals surface area (Å²) in [5.41, 5.74) is 13.4. The van der Waals surface area contributed by atoms with E-state index in [2.05, 4.69) is 37.1 Å². The minimum Gasteiger partial charge on any atom is -0.497 e. The Bertz CT molecular complexity index is 851. The first-order chi connectivity index (χ1) is 11.1. The van der Waals surface area contributed by atoms with E-state index in [-0.39, 0.29) is 0 Å². The highest BCUT2D eigenvalue weighted by Gasteiger charge is 2.15. The fourth-order valence-corrected chi connectivity index (χ4v) is 3.90. The Morgan fingerprint density at radius 2 is 2.17 bits per heavy atom. The molecule has 0 atom stereocenters. The molecule has 2 aromatic heterocycles. The Morgan fingerprint density at radius 3 is 2.91 bits per heavy atom. The number of methoxy groups -OCH3 is 1. The smallest absolute Gasteiger partial charge is 0.174 e. The van der Waals surface area contributed by atoms with Gasteiger partial charge in [-0.3, -0.25) is 0 Å². The molecular formula is C15H16IN5OS. The monoisotopic (exact) mass is 441 g/mol. The number of halogens is 1. The fourth-order valence-electron chi connectivity index (χ4n) is 2.26. The lowest BCUT2D eigenvalue weighted by Gasteiger charge is -2.09. The third kappa shape index (κ3) is 3.24. The number of hydrogen-bond donors (Lipinski definition) is 2. The molecule has 2 heterocycles. The number of nitrogens with zero attached hydrogens (tertiary/aromatic N) is 3. The van der Waals surface area contributed by atoms with Gasteiger partial charge in [-0.15, -0.1) is 0 Å². The number of ether oxygens (including phenoxy) is 1. The first-order valence-electron chi connectivity index (χ1n) is 6.96. The number of nitrogens with two attached hydrogens (primary N) is 2. The van der Waals surface area contributed by atoms with E-state index in [1.165, 1.54) is 0 Å². The van der Waals surface area contributed by atoms with Crippen molar-refractivity contribution in [3.63, 3.8) is 0 Å². The molecule has 3 rings (SSSR count). The van der Waals surface area contributed by atoms with Gasteiger partial charge in [0.2, 0.25) is 0 Å². The third-order valence-electron chi connectivity index (χ3n) is 3.35. The largest absolute Gasteiger partial charge is 0.497 e. The Morgan fingerprint density at radius 1 is 1.35 bits per heavy atom. The van der Waals surface area contributed by atoms with Gasteiger partial charge in [-0.05, 0) is 46.9 Å². The zero-order valence-corrected chi connectivity index (χ0v) is 15.5. The predicted octanol–water partition coefficient (Wildman–Crippen LogP) is 2.74. The number of nitrogen functional groups attached to an aromatic ring is 1. The maximum atomic E-state index is 5.95. The second-order valence-electron chi connectivity index (χ2n) is 4.80. The van der Waals surface area contributed by atoms with E-state index in [1.807, 2.05) is 24.3 Å². The van der Waals surface area contributed by atoms with Crippen LogP contribution in [0.1, 0.15) is 0 Å². The van der Waals surface area contributed by atoms with Crippen molar-refractivity contribution < 1.29 is 4.74 Å². The predicted molar refractivity (Wildman–Crippen MR) is 101 cm³/mol. The van der Waals surface area contributed by atoms with Crippen molar-refractivity contribution in [2.24, 2.45) is 5.73 Å². The summed E-state index contributed by atoms with van der Waals surface area (Å²) in [6.45, 7) is 1.19. The molecule has 0 spiro atoms. The first kappa shape index (κ1) is 16.3. The van der Waals surface area contributed by atoms with Gasteiger partial charge >= 0.3 is 0 Å². The summed E-state index contributed by atoms with van der Waals surface area (Å²) in [7, 11) is 1.66. The standard InChI is InChI=1S/C15H16IN5OS/c1-22-9-2-3-10(16)12(8-9)23-15-20-13-11(21(15)7-5-17)4-6-19-14(13)18/h2-4,6,8H,5,7,17H2,1H3,(H2,18,19). The number of pyridine rings is 1. The van der Waals surface area contributed by atoms with Gasteiger partial charge in [0, 0.05) is 27.8 Å². The number of fused-ring (bicyclic) bond motifs is 1. The molecule has 1 aromatic carbocycles. The second kappa shape index (κ2) is 6.93. The molecule has 0 saturated carbocycles. The molecule has 0 aliphatic rings. The number of imidazole rings is 1. The van der Waals surface area contributed by atoms with Crippen LogP contribution in [0.4, 0.5) is 5.82 Å². The minimum absolute atomic E-state index is 0.431. The number of rotatable bonds is 5. The molecular weight excluding hydrogens is 425 g/mol. The van der Waals surface area contributed by atoms with Gasteiger partial charge in [0.05, 0.1) is 12.6 Å². The molecule has 8 heteroatoms. The zero-order chi connectivity index (χ0) is 16.4. The molecule has 0 aliphatic heterocycles. The summed E-state index contributed by atoms with van der Waals surface area (Å²) >= 11 is 3.87. The molecule has 0 saturated heterocycles. The van der Waals surface area contributed by atoms with Crippen LogP contribution < -0.4 is 16.2 Å². The minimum atomic E-state index is 0.431. The van der Waals surface area contributed by atoms with E-state index in [0.29, 0.717) is 24.4 Å². The van der Waals surface area contributed by atoms with Crippen molar-refractivity contribution in [3.05, 3.63) is 34.0 Å². The van der Waals surface area contributed by atoms with E-state index in [0.717, 1.165) is 24.9 Å². The summed E-state index contributed by atoms with van der Waals surface area (Å²) in [5.74, 6) is 1.25. The summed E-state index contributed by atoms with van der Waals surface area (Å²) in [6.07, 6.45) is 1.69. The summed E-state index contributed by atoms with van der Waals surface area (Å²) in [5, 5.41) is 0.844. The normalized spacial score (nSPS) is 11.1. The lowest BCUT2D eigenvalue weighted by molar-refractivity contribution is 0.413. The van der Waals surface area contributed by atoms with Crippen molar-refractivity contribution in [1.29, 1.82) is 0 Å². The van der Waals surface area contributed by atoms with Crippen LogP contribution in [0.5, 0.6) is 5.75 Å². The van der Waals surface area contributed by atoms with Gasteiger partial charge in [-0.1, -0.05) is 11.8 Å². The molecule has 23 heavy (non-hydrogen) atoms. The van der Waals surface area contributed by atoms with Crippen LogP contribution in [0.15, 0.2) is 40.5 Å². The average molecular weight is 441 g/mol. The van der Waals surface area contributed by atoms with Gasteiger partial charge in [-0.2, -0.15) is 0 Å². The zero-order valence-electron chi connectivity index (χ0n) is 12.5. The second-order valence-corrected chi connectivity index (χ2v) is 6.97. The molecule has 6 nitrogen and oxygen atoms in total. The molecule has 4 N–H and O–H groups in total. The Kier molecular flexibility index (Phi) is 4.93. The van der Waals surface area contributed by atoms with Crippen LogP contribution in [0, 0.1) is 3.57 Å². The van der Waals surface area contributed by atoms with Gasteiger partial charge in [0.25, 0.3) is 0 Å². The van der Waals surface area contributed by atoms with Gasteiger partial charge in [0.15, 0.2) is 11.0 Å². The first-order valence-corrected chi connectivity index (χ1v) is 8.85. The lowest BCUT2D eigenvalue weighted by Crippen LogP contribution is -2.10. The highest BCUT2D eigenvalue weighted by Crippen LogP contribution is 2.35. The van der Waals surface area contributed by atoms with Crippen LogP contribution in [0.25, 0.3) is 11.0 Å². The number of hydrogen-bond acceptors (Lipinski definition) is 6. The maximum Gasteiger partial charge on any atom is 0.174 e. The van der Waals surface area contributed by atoms with E-state index in [4.69, 9.17) is 16.2 Å². The topological polar surface area (TPSA) is 92.0 Å². The van der Waals surface area contributed by atoms with Gasteiger partial charge in [0.1, 0.15) is 11.3 Å². The quantitative estimate of drug-likeness (QED) is 0.592. The van der Waals surface area contributed by atoms with E-state index >= 15 is 0 Å². The average Bonchev–Trinajstić information content (AvgIpc) is 2.89. The SMILES string of the molecule is COc1ccc(I)c(Sc2nc3c(N)nccc3n2CCN)c1.